The van der Waals surface area contributed by atoms with Gasteiger partial charge in [0, 0.05) is 25.2 Å². The summed E-state index contributed by atoms with van der Waals surface area (Å²) in [6.07, 6.45) is 2.08. The third-order valence-electron chi connectivity index (χ3n) is 5.15. The Morgan fingerprint density at radius 1 is 1.32 bits per heavy atom. The summed E-state index contributed by atoms with van der Waals surface area (Å²) < 4.78 is 14.1. The number of piperidine rings is 1. The van der Waals surface area contributed by atoms with Crippen LogP contribution in [0.5, 0.6) is 0 Å². The number of amides is 1. The molecule has 2 fully saturated rings. The number of hydrogen-bond acceptors (Lipinski definition) is 4. The molecule has 0 bridgehead atoms. The molecule has 2 unspecified atom stereocenters. The molecule has 2 aliphatic heterocycles. The molecule has 1 aromatic rings. The van der Waals surface area contributed by atoms with Crippen LogP contribution in [-0.2, 0) is 4.79 Å². The van der Waals surface area contributed by atoms with Gasteiger partial charge in [-0.15, -0.1) is 12.4 Å². The molecule has 2 atom stereocenters. The zero-order valence-electron chi connectivity index (χ0n) is 14.6. The highest BCUT2D eigenvalue weighted by atomic mass is 35.5. The largest absolute Gasteiger partial charge is 0.342 e. The number of halogens is 2. The lowest BCUT2D eigenvalue weighted by Crippen LogP contribution is -2.45. The van der Waals surface area contributed by atoms with Crippen molar-refractivity contribution in [1.29, 1.82) is 0 Å². The summed E-state index contributed by atoms with van der Waals surface area (Å²) in [5.74, 6) is 0.256. The number of nitrogens with zero attached hydrogens (tertiary/aromatic N) is 1. The van der Waals surface area contributed by atoms with E-state index in [2.05, 4.69) is 23.1 Å². The van der Waals surface area contributed by atoms with Crippen molar-refractivity contribution in [1.82, 2.24) is 21.1 Å². The van der Waals surface area contributed by atoms with Crippen LogP contribution in [0.2, 0.25) is 0 Å². The normalized spacial score (nSPS) is 24.2. The molecule has 3 N–H and O–H groups in total. The number of carbonyl (C=O) groups is 1. The quantitative estimate of drug-likeness (QED) is 0.740. The van der Waals surface area contributed by atoms with Gasteiger partial charge in [-0.2, -0.15) is 0 Å². The molecule has 2 heterocycles. The number of likely N-dealkylation sites (tertiary alicyclic amines) is 1. The van der Waals surface area contributed by atoms with Crippen molar-refractivity contribution in [3.05, 3.63) is 35.6 Å². The molecule has 0 aliphatic carbocycles. The molecule has 0 aromatic heterocycles. The van der Waals surface area contributed by atoms with Gasteiger partial charge in [-0.25, -0.2) is 9.82 Å². The first-order valence-electron chi connectivity index (χ1n) is 8.93. The van der Waals surface area contributed by atoms with Gasteiger partial charge >= 0.3 is 0 Å². The number of benzene rings is 1. The van der Waals surface area contributed by atoms with E-state index >= 15 is 0 Å². The maximum absolute atomic E-state index is 14.1. The number of nitrogens with one attached hydrogen (secondary N) is 3. The smallest absolute Gasteiger partial charge is 0.229 e. The summed E-state index contributed by atoms with van der Waals surface area (Å²) in [6, 6.07) is 6.38. The van der Waals surface area contributed by atoms with Crippen molar-refractivity contribution in [2.45, 2.75) is 25.8 Å². The van der Waals surface area contributed by atoms with Crippen LogP contribution >= 0.6 is 12.4 Å². The van der Waals surface area contributed by atoms with Crippen LogP contribution in [0.4, 0.5) is 4.39 Å². The van der Waals surface area contributed by atoms with Crippen molar-refractivity contribution in [3.63, 3.8) is 0 Å². The lowest BCUT2D eigenvalue weighted by Gasteiger charge is -2.34. The first kappa shape index (κ1) is 20.1. The molecule has 0 spiro atoms. The molecule has 5 nitrogen and oxygen atoms in total. The molecule has 0 radical (unpaired) electrons. The van der Waals surface area contributed by atoms with E-state index in [1.807, 2.05) is 11.0 Å². The van der Waals surface area contributed by atoms with Crippen molar-refractivity contribution in [2.75, 3.05) is 32.7 Å². The van der Waals surface area contributed by atoms with Gasteiger partial charge in [-0.05, 0) is 37.9 Å². The van der Waals surface area contributed by atoms with Crippen LogP contribution in [0.15, 0.2) is 24.3 Å². The fourth-order valence-corrected chi connectivity index (χ4v) is 3.69. The average molecular weight is 371 g/mol. The van der Waals surface area contributed by atoms with Crippen molar-refractivity contribution in [2.24, 2.45) is 11.8 Å². The minimum atomic E-state index is -0.307. The lowest BCUT2D eigenvalue weighted by atomic mass is 9.91. The minimum Gasteiger partial charge on any atom is -0.342 e. The number of hydrazine groups is 1. The second-order valence-electron chi connectivity index (χ2n) is 6.71. The predicted molar refractivity (Wildman–Crippen MR) is 98.9 cm³/mol. The van der Waals surface area contributed by atoms with Crippen molar-refractivity contribution in [3.8, 4) is 0 Å². The van der Waals surface area contributed by atoms with E-state index in [0.717, 1.165) is 39.0 Å². The third kappa shape index (κ3) is 4.70. The maximum atomic E-state index is 14.1. The van der Waals surface area contributed by atoms with E-state index in [9.17, 15) is 9.18 Å². The van der Waals surface area contributed by atoms with Crippen LogP contribution in [0.25, 0.3) is 0 Å². The average Bonchev–Trinajstić information content (AvgIpc) is 3.09. The van der Waals surface area contributed by atoms with Crippen LogP contribution < -0.4 is 16.2 Å². The molecule has 25 heavy (non-hydrogen) atoms. The summed E-state index contributed by atoms with van der Waals surface area (Å²) in [6.45, 7) is 6.27. The van der Waals surface area contributed by atoms with Crippen molar-refractivity contribution >= 4 is 18.3 Å². The summed E-state index contributed by atoms with van der Waals surface area (Å²) >= 11 is 0. The Kier molecular flexibility index (Phi) is 7.62. The van der Waals surface area contributed by atoms with Gasteiger partial charge in [0.15, 0.2) is 0 Å². The minimum absolute atomic E-state index is 0. The van der Waals surface area contributed by atoms with E-state index in [0.29, 0.717) is 18.0 Å². The van der Waals surface area contributed by atoms with Gasteiger partial charge in [-0.3, -0.25) is 10.2 Å². The Balaban J connectivity index is 0.00000225. The molecule has 2 aliphatic rings. The molecule has 7 heteroatoms. The van der Waals surface area contributed by atoms with Gasteiger partial charge in [0.25, 0.3) is 0 Å². The second-order valence-corrected chi connectivity index (χ2v) is 6.71. The summed E-state index contributed by atoms with van der Waals surface area (Å²) in [5.41, 5.74) is 6.66. The molecular formula is C18H28ClFN4O. The molecular weight excluding hydrogens is 343 g/mol. The van der Waals surface area contributed by atoms with Gasteiger partial charge in [0.2, 0.25) is 5.91 Å². The molecule has 140 valence electrons. The Bertz CT molecular complexity index is 566. The summed E-state index contributed by atoms with van der Waals surface area (Å²) in [4.78, 5) is 14.9. The highest BCUT2D eigenvalue weighted by Crippen LogP contribution is 2.29. The monoisotopic (exact) mass is 370 g/mol. The Hall–Kier alpha value is -1.21. The zero-order valence-corrected chi connectivity index (χ0v) is 15.4. The van der Waals surface area contributed by atoms with E-state index in [1.165, 1.54) is 6.07 Å². The fraction of sp³-hybridized carbons (Fsp3) is 0.611. The highest BCUT2D eigenvalue weighted by molar-refractivity contribution is 5.85. The Morgan fingerprint density at radius 3 is 2.72 bits per heavy atom. The number of carbonyl (C=O) groups excluding carboxylic acids is 1. The first-order valence-corrected chi connectivity index (χ1v) is 8.93. The third-order valence-corrected chi connectivity index (χ3v) is 5.15. The highest BCUT2D eigenvalue weighted by Gasteiger charge is 2.38. The van der Waals surface area contributed by atoms with E-state index < -0.39 is 0 Å². The Morgan fingerprint density at radius 2 is 2.04 bits per heavy atom. The summed E-state index contributed by atoms with van der Waals surface area (Å²) in [7, 11) is 0. The van der Waals surface area contributed by atoms with E-state index in [-0.39, 0.29) is 36.1 Å². The van der Waals surface area contributed by atoms with Crippen LogP contribution in [-0.4, -0.2) is 43.5 Å². The maximum Gasteiger partial charge on any atom is 0.229 e. The van der Waals surface area contributed by atoms with Gasteiger partial charge in [0.05, 0.1) is 12.0 Å². The first-order chi connectivity index (χ1) is 11.7. The van der Waals surface area contributed by atoms with Crippen LogP contribution in [0.3, 0.4) is 0 Å². The van der Waals surface area contributed by atoms with E-state index in [1.54, 1.807) is 12.1 Å². The van der Waals surface area contributed by atoms with Gasteiger partial charge in [0.1, 0.15) is 5.82 Å². The Labute approximate surface area is 155 Å². The number of hydrogen-bond donors (Lipinski definition) is 3. The second kappa shape index (κ2) is 9.48. The predicted octanol–water partition coefficient (Wildman–Crippen LogP) is 1.86. The van der Waals surface area contributed by atoms with Gasteiger partial charge in [-0.1, -0.05) is 25.1 Å². The molecule has 3 rings (SSSR count). The molecule has 1 aromatic carbocycles. The standard InChI is InChI=1S/C18H27FN4O.ClH/c1-2-20-11-13-7-9-23(10-8-13)18(24)15-12-21-22-17(15)14-5-3-4-6-16(14)19;/h3-6,13,15,17,20-22H,2,7-12H2,1H3;1H. The van der Waals surface area contributed by atoms with Crippen molar-refractivity contribution < 1.29 is 9.18 Å². The fourth-order valence-electron chi connectivity index (χ4n) is 3.69. The lowest BCUT2D eigenvalue weighted by molar-refractivity contribution is -0.136. The van der Waals surface area contributed by atoms with Crippen LogP contribution in [0.1, 0.15) is 31.4 Å². The van der Waals surface area contributed by atoms with E-state index in [4.69, 9.17) is 0 Å². The number of rotatable bonds is 5. The zero-order chi connectivity index (χ0) is 16.9. The molecule has 2 saturated heterocycles. The SMILES string of the molecule is CCNCC1CCN(C(=O)C2CNNC2c2ccccc2F)CC1.Cl. The molecule has 0 saturated carbocycles. The topological polar surface area (TPSA) is 56.4 Å². The van der Waals surface area contributed by atoms with Gasteiger partial charge < -0.3 is 10.2 Å². The molecule has 1 amide bonds. The van der Waals surface area contributed by atoms with Crippen LogP contribution in [0, 0.1) is 17.7 Å². The summed E-state index contributed by atoms with van der Waals surface area (Å²) in [5, 5.41) is 3.39.